The van der Waals surface area contributed by atoms with Crippen LogP contribution in [-0.4, -0.2) is 99.2 Å². The third-order valence-electron chi connectivity index (χ3n) is 9.56. The number of aromatic hydroxyl groups is 1. The SMILES string of the molecule is CC(C)OCCN(Cc1cc(O)c2c(c1C(F)(F)F)C[C@H]1C[C@H]3[C@H](N(C)C)C(O)=C(C(N)=O)C(=O)[C@@]3(O)C(O)=C1C2=O)CC1CC1. The molecule has 4 aliphatic carbocycles. The molecule has 6 N–H and O–H groups in total. The summed E-state index contributed by atoms with van der Waals surface area (Å²) in [6, 6.07) is -0.336. The second-order valence-corrected chi connectivity index (χ2v) is 13.3. The zero-order valence-corrected chi connectivity index (χ0v) is 26.1. The molecule has 1 amide bonds. The Morgan fingerprint density at radius 1 is 1.17 bits per heavy atom. The van der Waals surface area contributed by atoms with Crippen LogP contribution in [0, 0.1) is 17.8 Å². The van der Waals surface area contributed by atoms with E-state index in [2.05, 4.69) is 0 Å². The summed E-state index contributed by atoms with van der Waals surface area (Å²) in [5.74, 6) is -8.70. The maximum Gasteiger partial charge on any atom is 0.417 e. The highest BCUT2D eigenvalue weighted by atomic mass is 19.4. The highest BCUT2D eigenvalue weighted by Crippen LogP contribution is 2.54. The van der Waals surface area contributed by atoms with Gasteiger partial charge in [-0.3, -0.25) is 24.2 Å². The molecule has 0 radical (unpaired) electrons. The minimum atomic E-state index is -4.92. The Hall–Kier alpha value is -3.46. The third-order valence-corrected chi connectivity index (χ3v) is 9.56. The number of phenols is 1. The van der Waals surface area contributed by atoms with E-state index in [1.807, 2.05) is 18.7 Å². The largest absolute Gasteiger partial charge is 0.510 e. The minimum absolute atomic E-state index is 0.0644. The fraction of sp³-hybridized carbons (Fsp3) is 0.594. The number of ether oxygens (including phenoxy) is 1. The van der Waals surface area contributed by atoms with Gasteiger partial charge in [0.2, 0.25) is 5.78 Å². The number of aliphatic hydroxyl groups is 3. The Bertz CT molecular complexity index is 1530. The van der Waals surface area contributed by atoms with Gasteiger partial charge in [0.25, 0.3) is 5.91 Å². The Kier molecular flexibility index (Phi) is 8.81. The summed E-state index contributed by atoms with van der Waals surface area (Å²) in [4.78, 5) is 42.7. The van der Waals surface area contributed by atoms with E-state index in [9.17, 15) is 48.0 Å². The number of hydrogen-bond acceptors (Lipinski definition) is 10. The van der Waals surface area contributed by atoms with Crippen molar-refractivity contribution in [2.24, 2.45) is 23.5 Å². The molecule has 0 saturated heterocycles. The number of aliphatic hydroxyl groups excluding tert-OH is 2. The normalized spacial score (nSPS) is 26.6. The predicted octanol–water partition coefficient (Wildman–Crippen LogP) is 2.78. The van der Waals surface area contributed by atoms with E-state index in [1.54, 1.807) is 0 Å². The van der Waals surface area contributed by atoms with Gasteiger partial charge in [0.1, 0.15) is 22.8 Å². The number of ketones is 2. The molecular formula is C32H40F3N3O8. The van der Waals surface area contributed by atoms with Crippen molar-refractivity contribution in [3.8, 4) is 5.75 Å². The van der Waals surface area contributed by atoms with Crippen molar-refractivity contribution in [2.45, 2.75) is 70.0 Å². The van der Waals surface area contributed by atoms with Gasteiger partial charge in [-0.1, -0.05) is 0 Å². The van der Waals surface area contributed by atoms with Gasteiger partial charge in [-0.15, -0.1) is 0 Å². The molecule has 0 aromatic heterocycles. The first-order chi connectivity index (χ1) is 21.4. The lowest BCUT2D eigenvalue weighted by Gasteiger charge is -2.50. The fourth-order valence-electron chi connectivity index (χ4n) is 7.43. The lowest BCUT2D eigenvalue weighted by molar-refractivity contribution is -0.148. The highest BCUT2D eigenvalue weighted by Gasteiger charge is 2.63. The zero-order valence-electron chi connectivity index (χ0n) is 26.1. The maximum atomic E-state index is 14.9. The average Bonchev–Trinajstić information content (AvgIpc) is 3.73. The van der Waals surface area contributed by atoms with Gasteiger partial charge in [0.15, 0.2) is 11.4 Å². The molecule has 0 spiro atoms. The van der Waals surface area contributed by atoms with Crippen molar-refractivity contribution in [3.05, 3.63) is 51.0 Å². The van der Waals surface area contributed by atoms with Crippen LogP contribution in [0.3, 0.4) is 0 Å². The van der Waals surface area contributed by atoms with E-state index in [1.165, 1.54) is 19.0 Å². The molecule has 1 fully saturated rings. The van der Waals surface area contributed by atoms with E-state index in [0.717, 1.165) is 18.9 Å². The zero-order chi connectivity index (χ0) is 34.0. The lowest BCUT2D eigenvalue weighted by atomic mass is 9.58. The number of nitrogens with zero attached hydrogens (tertiary/aromatic N) is 2. The van der Waals surface area contributed by atoms with Crippen LogP contribution in [0.15, 0.2) is 28.7 Å². The number of primary amides is 1. The van der Waals surface area contributed by atoms with Gasteiger partial charge in [0, 0.05) is 31.1 Å². The summed E-state index contributed by atoms with van der Waals surface area (Å²) in [6.45, 7) is 4.76. The molecule has 1 aromatic carbocycles. The summed E-state index contributed by atoms with van der Waals surface area (Å²) in [7, 11) is 2.94. The molecular weight excluding hydrogens is 611 g/mol. The molecule has 1 aromatic rings. The predicted molar refractivity (Wildman–Crippen MR) is 158 cm³/mol. The van der Waals surface area contributed by atoms with Crippen LogP contribution in [-0.2, 0) is 33.5 Å². The van der Waals surface area contributed by atoms with E-state index in [4.69, 9.17) is 10.5 Å². The van der Waals surface area contributed by atoms with Gasteiger partial charge < -0.3 is 30.9 Å². The van der Waals surface area contributed by atoms with Crippen LogP contribution >= 0.6 is 0 Å². The summed E-state index contributed by atoms with van der Waals surface area (Å²) in [6.07, 6.45) is -3.82. The number of alkyl halides is 3. The van der Waals surface area contributed by atoms with Gasteiger partial charge in [-0.2, -0.15) is 13.2 Å². The number of fused-ring (bicyclic) bond motifs is 3. The van der Waals surface area contributed by atoms with E-state index >= 15 is 0 Å². The molecule has 252 valence electrons. The molecule has 0 bridgehead atoms. The molecule has 11 nitrogen and oxygen atoms in total. The number of Topliss-reactive ketones (excluding diaryl/α,β-unsaturated/α-hetero) is 2. The van der Waals surface area contributed by atoms with Gasteiger partial charge in [-0.05, 0) is 82.7 Å². The van der Waals surface area contributed by atoms with Crippen LogP contribution in [0.25, 0.3) is 0 Å². The minimum Gasteiger partial charge on any atom is -0.510 e. The number of halogens is 3. The van der Waals surface area contributed by atoms with Crippen molar-refractivity contribution < 1.29 is 52.7 Å². The molecule has 4 atom stereocenters. The van der Waals surface area contributed by atoms with Crippen molar-refractivity contribution in [2.75, 3.05) is 33.8 Å². The smallest absolute Gasteiger partial charge is 0.417 e. The maximum absolute atomic E-state index is 14.9. The van der Waals surface area contributed by atoms with Gasteiger partial charge in [-0.25, -0.2) is 0 Å². The molecule has 0 unspecified atom stereocenters. The van der Waals surface area contributed by atoms with Gasteiger partial charge >= 0.3 is 6.18 Å². The molecule has 0 aliphatic heterocycles. The van der Waals surface area contributed by atoms with Crippen LogP contribution in [0.5, 0.6) is 5.75 Å². The van der Waals surface area contributed by atoms with Crippen molar-refractivity contribution in [3.63, 3.8) is 0 Å². The molecule has 46 heavy (non-hydrogen) atoms. The standard InChI is InChI=1S/C32H40F3N3O8/c1-14(2)46-8-7-38(12-15-5-6-15)13-17-11-20(39)22-18(24(17)32(33,34)35)9-16-10-19-25(37(3)4)27(41)23(30(36)44)29(43)31(19,45)28(42)21(16)26(22)40/h11,14-16,19,25,39,41-42,45H,5-10,12-13H2,1-4H3,(H2,36,44)/t16-,19-,25-,31-/m0/s1. The van der Waals surface area contributed by atoms with E-state index in [-0.39, 0.29) is 24.6 Å². The number of phenolic OH excluding ortho intramolecular Hbond substituents is 1. The summed E-state index contributed by atoms with van der Waals surface area (Å²) in [5.41, 5.74) is -1.40. The number of allylic oxidation sites excluding steroid dienone is 1. The number of rotatable bonds is 10. The number of carbonyl (C=O) groups excluding carboxylic acids is 3. The lowest BCUT2D eigenvalue weighted by Crippen LogP contribution is -2.63. The molecule has 1 saturated carbocycles. The topological polar surface area (TPSA) is 174 Å². The average molecular weight is 652 g/mol. The first-order valence-electron chi connectivity index (χ1n) is 15.3. The van der Waals surface area contributed by atoms with Gasteiger partial charge in [0.05, 0.1) is 29.9 Å². The number of carbonyl (C=O) groups is 3. The van der Waals surface area contributed by atoms with Crippen molar-refractivity contribution in [1.82, 2.24) is 9.80 Å². The Morgan fingerprint density at radius 2 is 1.83 bits per heavy atom. The Morgan fingerprint density at radius 3 is 2.37 bits per heavy atom. The van der Waals surface area contributed by atoms with Crippen molar-refractivity contribution in [1.29, 1.82) is 0 Å². The fourth-order valence-corrected chi connectivity index (χ4v) is 7.43. The molecule has 4 aliphatic rings. The van der Waals surface area contributed by atoms with Crippen LogP contribution in [0.1, 0.15) is 60.2 Å². The second kappa shape index (κ2) is 12.0. The highest BCUT2D eigenvalue weighted by molar-refractivity contribution is 6.24. The Labute approximate surface area is 264 Å². The second-order valence-electron chi connectivity index (χ2n) is 13.3. The Balaban J connectivity index is 1.62. The van der Waals surface area contributed by atoms with Crippen LogP contribution < -0.4 is 5.73 Å². The number of nitrogens with two attached hydrogens (primary N) is 1. The van der Waals surface area contributed by atoms with Crippen LogP contribution in [0.4, 0.5) is 13.2 Å². The number of hydrogen-bond donors (Lipinski definition) is 5. The van der Waals surface area contributed by atoms with Crippen LogP contribution in [0.2, 0.25) is 0 Å². The number of amides is 1. The summed E-state index contributed by atoms with van der Waals surface area (Å²) in [5, 5.41) is 45.1. The first kappa shape index (κ1) is 33.9. The molecule has 14 heteroatoms. The monoisotopic (exact) mass is 651 g/mol. The third kappa shape index (κ3) is 5.69. The quantitative estimate of drug-likeness (QED) is 0.237. The van der Waals surface area contributed by atoms with E-state index < -0.39 is 98.7 Å². The number of likely N-dealkylation sites (N-methyl/N-ethyl adjacent to an activating group) is 1. The number of benzene rings is 1. The summed E-state index contributed by atoms with van der Waals surface area (Å²) < 4.78 is 50.4. The first-order valence-corrected chi connectivity index (χ1v) is 15.3. The molecule has 5 rings (SSSR count). The van der Waals surface area contributed by atoms with E-state index in [0.29, 0.717) is 25.6 Å². The summed E-state index contributed by atoms with van der Waals surface area (Å²) >= 11 is 0. The molecule has 0 heterocycles. The van der Waals surface area contributed by atoms with Crippen molar-refractivity contribution >= 4 is 17.5 Å².